The molecule has 1 nitrogen and oxygen atoms in total. The van der Waals surface area contributed by atoms with E-state index in [2.05, 4.69) is 12.2 Å². The van der Waals surface area contributed by atoms with Crippen LogP contribution in [-0.4, -0.2) is 13.1 Å². The highest BCUT2D eigenvalue weighted by atomic mass is 14.9. The van der Waals surface area contributed by atoms with Gasteiger partial charge in [-0.3, -0.25) is 0 Å². The second-order valence-electron chi connectivity index (χ2n) is 4.48. The van der Waals surface area contributed by atoms with Crippen molar-refractivity contribution in [3.63, 3.8) is 0 Å². The summed E-state index contributed by atoms with van der Waals surface area (Å²) in [7, 11) is 0. The van der Waals surface area contributed by atoms with Gasteiger partial charge in [0.25, 0.3) is 0 Å². The van der Waals surface area contributed by atoms with Gasteiger partial charge < -0.3 is 5.32 Å². The molecule has 2 fully saturated rings. The van der Waals surface area contributed by atoms with Crippen LogP contribution in [-0.2, 0) is 0 Å². The first-order valence-electron chi connectivity index (χ1n) is 5.64. The summed E-state index contributed by atoms with van der Waals surface area (Å²) < 4.78 is 0. The van der Waals surface area contributed by atoms with Crippen LogP contribution in [0.3, 0.4) is 0 Å². The smallest absolute Gasteiger partial charge is 0.00150 e. The van der Waals surface area contributed by atoms with Crippen LogP contribution < -0.4 is 5.32 Å². The van der Waals surface area contributed by atoms with Crippen molar-refractivity contribution in [1.29, 1.82) is 0 Å². The van der Waals surface area contributed by atoms with Gasteiger partial charge in [-0.1, -0.05) is 19.8 Å². The lowest BCUT2D eigenvalue weighted by Gasteiger charge is -2.04. The van der Waals surface area contributed by atoms with E-state index in [1.165, 1.54) is 45.2 Å². The topological polar surface area (TPSA) is 12.0 Å². The zero-order chi connectivity index (χ0) is 8.39. The first-order chi connectivity index (χ1) is 5.93. The largest absolute Gasteiger partial charge is 0.316 e. The van der Waals surface area contributed by atoms with Crippen molar-refractivity contribution in [1.82, 2.24) is 5.32 Å². The Kier molecular flexibility index (Phi) is 2.69. The molecule has 0 spiro atoms. The van der Waals surface area contributed by atoms with Crippen molar-refractivity contribution in [3.8, 4) is 0 Å². The first kappa shape index (κ1) is 8.55. The molecule has 0 aromatic heterocycles. The third kappa shape index (κ3) is 1.66. The van der Waals surface area contributed by atoms with E-state index in [9.17, 15) is 0 Å². The van der Waals surface area contributed by atoms with Crippen LogP contribution >= 0.6 is 0 Å². The number of hydrogen-bond donors (Lipinski definition) is 1. The van der Waals surface area contributed by atoms with Crippen molar-refractivity contribution in [2.45, 2.75) is 39.0 Å². The van der Waals surface area contributed by atoms with Crippen molar-refractivity contribution >= 4 is 0 Å². The molecule has 0 amide bonds. The molecule has 12 heavy (non-hydrogen) atoms. The molecule has 0 aromatic rings. The fourth-order valence-corrected chi connectivity index (χ4v) is 2.84. The molecular formula is C11H21N. The second-order valence-corrected chi connectivity index (χ2v) is 4.48. The molecule has 1 heteroatoms. The molecule has 1 N–H and O–H groups in total. The Labute approximate surface area is 75.9 Å². The van der Waals surface area contributed by atoms with Gasteiger partial charge in [-0.2, -0.15) is 0 Å². The normalized spacial score (nSPS) is 38.2. The van der Waals surface area contributed by atoms with Gasteiger partial charge in [0, 0.05) is 0 Å². The molecule has 0 heterocycles. The van der Waals surface area contributed by atoms with Gasteiger partial charge in [-0.25, -0.2) is 0 Å². The first-order valence-corrected chi connectivity index (χ1v) is 5.64. The highest BCUT2D eigenvalue weighted by molar-refractivity contribution is 5.01. The van der Waals surface area contributed by atoms with E-state index in [1.807, 2.05) is 0 Å². The standard InChI is InChI=1S/C11H21N/c1-2-3-7-12-8-11-9-5-4-6-10(9)11/h9-12H,2-8H2,1H3. The van der Waals surface area contributed by atoms with Crippen LogP contribution in [0.2, 0.25) is 0 Å². The summed E-state index contributed by atoms with van der Waals surface area (Å²) in [6.45, 7) is 4.81. The average molecular weight is 167 g/mol. The fourth-order valence-electron chi connectivity index (χ4n) is 2.84. The summed E-state index contributed by atoms with van der Waals surface area (Å²) in [4.78, 5) is 0. The van der Waals surface area contributed by atoms with E-state index in [1.54, 1.807) is 0 Å². The molecule has 2 unspecified atom stereocenters. The summed E-state index contributed by atoms with van der Waals surface area (Å²) in [5.41, 5.74) is 0. The number of unbranched alkanes of at least 4 members (excludes halogenated alkanes) is 1. The van der Waals surface area contributed by atoms with E-state index in [-0.39, 0.29) is 0 Å². The van der Waals surface area contributed by atoms with E-state index >= 15 is 0 Å². The van der Waals surface area contributed by atoms with Gasteiger partial charge in [0.2, 0.25) is 0 Å². The van der Waals surface area contributed by atoms with Crippen molar-refractivity contribution < 1.29 is 0 Å². The predicted molar refractivity (Wildman–Crippen MR) is 52.1 cm³/mol. The molecule has 0 aliphatic heterocycles. The molecular weight excluding hydrogens is 146 g/mol. The lowest BCUT2D eigenvalue weighted by molar-refractivity contribution is 0.526. The average Bonchev–Trinajstić information content (AvgIpc) is 2.57. The summed E-state index contributed by atoms with van der Waals surface area (Å²) in [6.07, 6.45) is 7.25. The summed E-state index contributed by atoms with van der Waals surface area (Å²) in [6, 6.07) is 0. The van der Waals surface area contributed by atoms with E-state index in [0.29, 0.717) is 0 Å². The number of rotatable bonds is 5. The van der Waals surface area contributed by atoms with E-state index in [0.717, 1.165) is 17.8 Å². The molecule has 2 aliphatic rings. The molecule has 2 saturated carbocycles. The molecule has 0 saturated heterocycles. The van der Waals surface area contributed by atoms with Crippen molar-refractivity contribution in [2.75, 3.05) is 13.1 Å². The lowest BCUT2D eigenvalue weighted by Crippen LogP contribution is -2.19. The molecule has 2 atom stereocenters. The number of fused-ring (bicyclic) bond motifs is 1. The molecule has 0 radical (unpaired) electrons. The Balaban J connectivity index is 1.52. The van der Waals surface area contributed by atoms with Gasteiger partial charge in [0.15, 0.2) is 0 Å². The molecule has 2 rings (SSSR count). The van der Waals surface area contributed by atoms with Crippen LogP contribution in [0.15, 0.2) is 0 Å². The third-order valence-corrected chi connectivity index (χ3v) is 3.67. The highest BCUT2D eigenvalue weighted by Gasteiger charge is 2.51. The molecule has 2 aliphatic carbocycles. The van der Waals surface area contributed by atoms with Crippen LogP contribution in [0, 0.1) is 17.8 Å². The monoisotopic (exact) mass is 167 g/mol. The van der Waals surface area contributed by atoms with Crippen molar-refractivity contribution in [2.24, 2.45) is 17.8 Å². The highest BCUT2D eigenvalue weighted by Crippen LogP contribution is 2.56. The maximum absolute atomic E-state index is 3.58. The van der Waals surface area contributed by atoms with Gasteiger partial charge >= 0.3 is 0 Å². The van der Waals surface area contributed by atoms with Crippen LogP contribution in [0.4, 0.5) is 0 Å². The maximum Gasteiger partial charge on any atom is -0.00150 e. The lowest BCUT2D eigenvalue weighted by atomic mass is 10.1. The van der Waals surface area contributed by atoms with E-state index < -0.39 is 0 Å². The zero-order valence-corrected chi connectivity index (χ0v) is 8.18. The van der Waals surface area contributed by atoms with Gasteiger partial charge in [-0.05, 0) is 50.1 Å². The van der Waals surface area contributed by atoms with Crippen molar-refractivity contribution in [3.05, 3.63) is 0 Å². The Morgan fingerprint density at radius 2 is 2.00 bits per heavy atom. The summed E-state index contributed by atoms with van der Waals surface area (Å²) >= 11 is 0. The number of hydrogen-bond acceptors (Lipinski definition) is 1. The van der Waals surface area contributed by atoms with E-state index in [4.69, 9.17) is 0 Å². The van der Waals surface area contributed by atoms with Gasteiger partial charge in [-0.15, -0.1) is 0 Å². The fraction of sp³-hybridized carbons (Fsp3) is 1.00. The number of nitrogens with one attached hydrogen (secondary N) is 1. The SMILES string of the molecule is CCCCNCC1C2CCCC21. The minimum atomic E-state index is 1.08. The minimum absolute atomic E-state index is 1.08. The quantitative estimate of drug-likeness (QED) is 0.620. The van der Waals surface area contributed by atoms with Crippen LogP contribution in [0.1, 0.15) is 39.0 Å². The zero-order valence-electron chi connectivity index (χ0n) is 8.18. The van der Waals surface area contributed by atoms with Crippen LogP contribution in [0.25, 0.3) is 0 Å². The predicted octanol–water partition coefficient (Wildman–Crippen LogP) is 2.42. The van der Waals surface area contributed by atoms with Gasteiger partial charge in [0.1, 0.15) is 0 Å². The second kappa shape index (κ2) is 3.78. The van der Waals surface area contributed by atoms with Gasteiger partial charge in [0.05, 0.1) is 0 Å². The summed E-state index contributed by atoms with van der Waals surface area (Å²) in [5.74, 6) is 3.36. The Hall–Kier alpha value is -0.0400. The maximum atomic E-state index is 3.58. The Morgan fingerprint density at radius 3 is 2.67 bits per heavy atom. The Morgan fingerprint density at radius 1 is 1.25 bits per heavy atom. The Bertz CT molecular complexity index is 134. The van der Waals surface area contributed by atoms with Crippen LogP contribution in [0.5, 0.6) is 0 Å². The minimum Gasteiger partial charge on any atom is -0.316 e. The molecule has 0 bridgehead atoms. The third-order valence-electron chi connectivity index (χ3n) is 3.67. The molecule has 0 aromatic carbocycles. The molecule has 70 valence electrons. The summed E-state index contributed by atoms with van der Waals surface area (Å²) in [5, 5.41) is 3.58.